The number of nitrogens with one attached hydrogen (secondary N) is 1. The third kappa shape index (κ3) is 2.22. The normalized spacial score (nSPS) is 9.38. The molecule has 2 aromatic rings. The second-order valence-corrected chi connectivity index (χ2v) is 2.69. The van der Waals surface area contributed by atoms with Gasteiger partial charge in [-0.05, 0) is 6.07 Å². The van der Waals surface area contributed by atoms with Gasteiger partial charge in [-0.15, -0.1) is 0 Å². The lowest BCUT2D eigenvalue weighted by molar-refractivity contribution is -0.384. The number of nitro groups is 1. The number of nitro benzene ring substituents is 1. The molecule has 1 aromatic carbocycles. The van der Waals surface area contributed by atoms with Crippen LogP contribution in [0.3, 0.4) is 0 Å². The fraction of sp³-hybridized carbons (Fsp3) is 0.200. The predicted octanol–water partition coefficient (Wildman–Crippen LogP) is 1.86. The highest BCUT2D eigenvalue weighted by Gasteiger charge is 2.07. The summed E-state index contributed by atoms with van der Waals surface area (Å²) in [5.74, 6) is 0. The molecule has 0 fully saturated rings. The average Bonchev–Trinajstić information content (AvgIpc) is 2.32. The van der Waals surface area contributed by atoms with E-state index in [1.54, 1.807) is 0 Å². The minimum atomic E-state index is -0.550. The van der Waals surface area contributed by atoms with Crippen molar-refractivity contribution >= 4 is 16.6 Å². The lowest BCUT2D eigenvalue weighted by atomic mass is 10.2. The van der Waals surface area contributed by atoms with Gasteiger partial charge >= 0.3 is 0 Å². The molecule has 6 nitrogen and oxygen atoms in total. The SMILES string of the molecule is CC.O=c1[nH]cnc2ccc([N+](=O)[O-])cc12. The number of aromatic nitrogens is 2. The van der Waals surface area contributed by atoms with E-state index in [0.29, 0.717) is 5.52 Å². The molecule has 0 atom stereocenters. The number of hydrogen-bond donors (Lipinski definition) is 1. The zero-order valence-electron chi connectivity index (χ0n) is 8.93. The van der Waals surface area contributed by atoms with Crippen molar-refractivity contribution in [1.82, 2.24) is 9.97 Å². The van der Waals surface area contributed by atoms with Crippen LogP contribution in [0.2, 0.25) is 0 Å². The van der Waals surface area contributed by atoms with Gasteiger partial charge in [0, 0.05) is 12.1 Å². The largest absolute Gasteiger partial charge is 0.313 e. The van der Waals surface area contributed by atoms with E-state index in [0.717, 1.165) is 0 Å². The van der Waals surface area contributed by atoms with Crippen LogP contribution < -0.4 is 5.56 Å². The molecule has 16 heavy (non-hydrogen) atoms. The fourth-order valence-corrected chi connectivity index (χ4v) is 1.17. The first kappa shape index (κ1) is 11.8. The average molecular weight is 221 g/mol. The summed E-state index contributed by atoms with van der Waals surface area (Å²) in [4.78, 5) is 27.3. The van der Waals surface area contributed by atoms with E-state index in [1.165, 1.54) is 24.5 Å². The van der Waals surface area contributed by atoms with Crippen molar-refractivity contribution in [2.24, 2.45) is 0 Å². The molecule has 1 N–H and O–H groups in total. The predicted molar refractivity (Wildman–Crippen MR) is 60.4 cm³/mol. The van der Waals surface area contributed by atoms with Gasteiger partial charge in [0.2, 0.25) is 0 Å². The van der Waals surface area contributed by atoms with Gasteiger partial charge in [0.1, 0.15) is 0 Å². The summed E-state index contributed by atoms with van der Waals surface area (Å²) < 4.78 is 0. The van der Waals surface area contributed by atoms with E-state index in [1.807, 2.05) is 13.8 Å². The number of fused-ring (bicyclic) bond motifs is 1. The standard InChI is InChI=1S/C8H5N3O3.C2H6/c12-8-6-3-5(11(13)14)1-2-7(6)9-4-10-8;1-2/h1-4H,(H,9,10,12);1-2H3. The highest BCUT2D eigenvalue weighted by molar-refractivity contribution is 5.79. The molecule has 0 radical (unpaired) electrons. The summed E-state index contributed by atoms with van der Waals surface area (Å²) in [7, 11) is 0. The van der Waals surface area contributed by atoms with Gasteiger partial charge in [-0.2, -0.15) is 0 Å². The molecule has 0 spiro atoms. The van der Waals surface area contributed by atoms with Gasteiger partial charge < -0.3 is 4.98 Å². The first-order valence-electron chi connectivity index (χ1n) is 4.80. The Kier molecular flexibility index (Phi) is 3.71. The minimum absolute atomic E-state index is 0.115. The van der Waals surface area contributed by atoms with E-state index in [9.17, 15) is 14.9 Å². The van der Waals surface area contributed by atoms with Gasteiger partial charge in [-0.25, -0.2) is 4.98 Å². The van der Waals surface area contributed by atoms with Crippen LogP contribution in [-0.2, 0) is 0 Å². The molecule has 0 saturated carbocycles. The molecule has 6 heteroatoms. The van der Waals surface area contributed by atoms with Crippen LogP contribution in [0.1, 0.15) is 13.8 Å². The van der Waals surface area contributed by atoms with Gasteiger partial charge in [-0.1, -0.05) is 13.8 Å². The molecule has 0 saturated heterocycles. The Hall–Kier alpha value is -2.24. The molecular weight excluding hydrogens is 210 g/mol. The van der Waals surface area contributed by atoms with Crippen molar-refractivity contribution in [2.45, 2.75) is 13.8 Å². The Balaban J connectivity index is 0.000000606. The Bertz CT molecular complexity index is 562. The third-order valence-corrected chi connectivity index (χ3v) is 1.83. The molecule has 84 valence electrons. The molecule has 0 bridgehead atoms. The first-order valence-corrected chi connectivity index (χ1v) is 4.80. The molecule has 0 amide bonds. The van der Waals surface area contributed by atoms with Gasteiger partial charge in [0.15, 0.2) is 0 Å². The Morgan fingerprint density at radius 1 is 1.38 bits per heavy atom. The number of rotatable bonds is 1. The second kappa shape index (κ2) is 5.01. The number of nitrogens with zero attached hydrogens (tertiary/aromatic N) is 2. The summed E-state index contributed by atoms with van der Waals surface area (Å²) in [5.41, 5.74) is -0.0472. The van der Waals surface area contributed by atoms with E-state index in [-0.39, 0.29) is 16.6 Å². The number of H-pyrrole nitrogens is 1. The monoisotopic (exact) mass is 221 g/mol. The first-order chi connectivity index (χ1) is 7.68. The number of non-ortho nitro benzene ring substituents is 1. The minimum Gasteiger partial charge on any atom is -0.313 e. The van der Waals surface area contributed by atoms with Crippen LogP contribution >= 0.6 is 0 Å². The van der Waals surface area contributed by atoms with Crippen molar-refractivity contribution in [3.8, 4) is 0 Å². The van der Waals surface area contributed by atoms with E-state index in [4.69, 9.17) is 0 Å². The molecule has 2 rings (SSSR count). The van der Waals surface area contributed by atoms with Crippen molar-refractivity contribution in [1.29, 1.82) is 0 Å². The zero-order chi connectivity index (χ0) is 12.1. The summed E-state index contributed by atoms with van der Waals surface area (Å²) in [6.45, 7) is 4.00. The van der Waals surface area contributed by atoms with E-state index >= 15 is 0 Å². The Labute approximate surface area is 91.1 Å². The van der Waals surface area contributed by atoms with Crippen LogP contribution in [0.15, 0.2) is 29.3 Å². The van der Waals surface area contributed by atoms with Crippen LogP contribution in [0, 0.1) is 10.1 Å². The van der Waals surface area contributed by atoms with E-state index < -0.39 is 4.92 Å². The lowest BCUT2D eigenvalue weighted by Gasteiger charge is -1.94. The quantitative estimate of drug-likeness (QED) is 0.587. The maximum absolute atomic E-state index is 11.2. The zero-order valence-corrected chi connectivity index (χ0v) is 8.93. The second-order valence-electron chi connectivity index (χ2n) is 2.69. The van der Waals surface area contributed by atoms with Crippen molar-refractivity contribution in [2.75, 3.05) is 0 Å². The van der Waals surface area contributed by atoms with Gasteiger partial charge in [-0.3, -0.25) is 14.9 Å². The van der Waals surface area contributed by atoms with Crippen LogP contribution in [0.25, 0.3) is 10.9 Å². The Morgan fingerprint density at radius 2 is 2.06 bits per heavy atom. The molecule has 0 unspecified atom stereocenters. The smallest absolute Gasteiger partial charge is 0.270 e. The summed E-state index contributed by atoms with van der Waals surface area (Å²) in [5, 5.41) is 10.7. The third-order valence-electron chi connectivity index (χ3n) is 1.83. The van der Waals surface area contributed by atoms with Crippen LogP contribution in [0.5, 0.6) is 0 Å². The number of aromatic amines is 1. The van der Waals surface area contributed by atoms with Crippen molar-refractivity contribution < 1.29 is 4.92 Å². The van der Waals surface area contributed by atoms with Crippen molar-refractivity contribution in [3.63, 3.8) is 0 Å². The molecule has 0 aliphatic rings. The summed E-state index contributed by atoms with van der Waals surface area (Å²) >= 11 is 0. The van der Waals surface area contributed by atoms with Gasteiger partial charge in [0.25, 0.3) is 11.2 Å². The topological polar surface area (TPSA) is 88.9 Å². The van der Waals surface area contributed by atoms with Crippen LogP contribution in [-0.4, -0.2) is 14.9 Å². The van der Waals surface area contributed by atoms with Gasteiger partial charge in [0.05, 0.1) is 22.2 Å². The highest BCUT2D eigenvalue weighted by atomic mass is 16.6. The fourth-order valence-electron chi connectivity index (χ4n) is 1.17. The van der Waals surface area contributed by atoms with Crippen LogP contribution in [0.4, 0.5) is 5.69 Å². The van der Waals surface area contributed by atoms with E-state index in [2.05, 4.69) is 9.97 Å². The molecular formula is C10H11N3O3. The maximum Gasteiger partial charge on any atom is 0.270 e. The Morgan fingerprint density at radius 3 is 2.69 bits per heavy atom. The molecule has 0 aliphatic heterocycles. The van der Waals surface area contributed by atoms with Crippen molar-refractivity contribution in [3.05, 3.63) is 45.0 Å². The molecule has 1 heterocycles. The summed E-state index contributed by atoms with van der Waals surface area (Å²) in [6, 6.07) is 3.97. The number of hydrogen-bond acceptors (Lipinski definition) is 4. The molecule has 0 aliphatic carbocycles. The summed E-state index contributed by atoms with van der Waals surface area (Å²) in [6.07, 6.45) is 1.26. The number of benzene rings is 1. The maximum atomic E-state index is 11.2. The highest BCUT2D eigenvalue weighted by Crippen LogP contribution is 2.15. The molecule has 1 aromatic heterocycles. The lowest BCUT2D eigenvalue weighted by Crippen LogP contribution is -2.06.